The third-order valence-corrected chi connectivity index (χ3v) is 11.0. The number of ketones is 2. The van der Waals surface area contributed by atoms with E-state index >= 15 is 0 Å². The summed E-state index contributed by atoms with van der Waals surface area (Å²) in [6.07, 6.45) is 13.6. The summed E-state index contributed by atoms with van der Waals surface area (Å²) in [7, 11) is 0. The number of hydrogen-bond acceptors (Lipinski definition) is 3. The minimum absolute atomic E-state index is 0.0166. The van der Waals surface area contributed by atoms with Gasteiger partial charge >= 0.3 is 0 Å². The largest absolute Gasteiger partial charge is 0.295 e. The van der Waals surface area contributed by atoms with Crippen LogP contribution in [0.2, 0.25) is 0 Å². The van der Waals surface area contributed by atoms with Gasteiger partial charge in [0.1, 0.15) is 6.07 Å². The molecule has 0 spiro atoms. The molecule has 5 aliphatic carbocycles. The van der Waals surface area contributed by atoms with E-state index in [9.17, 15) is 14.9 Å². The van der Waals surface area contributed by atoms with Crippen molar-refractivity contribution in [1.29, 1.82) is 5.26 Å². The number of carbonyl (C=O) groups excluding carboxylic acids is 2. The fourth-order valence-electron chi connectivity index (χ4n) is 8.93. The predicted molar refractivity (Wildman–Crippen MR) is 125 cm³/mol. The molecule has 5 aliphatic rings. The number of Topliss-reactive ketones (excluding diaryl/α,β-unsaturated/α-hetero) is 1. The molecule has 0 heterocycles. The molecule has 0 amide bonds. The molecule has 0 radical (unpaired) electrons. The van der Waals surface area contributed by atoms with Crippen molar-refractivity contribution in [3.63, 3.8) is 0 Å². The topological polar surface area (TPSA) is 57.9 Å². The maximum Gasteiger partial charge on any atom is 0.173 e. The molecule has 3 heteroatoms. The van der Waals surface area contributed by atoms with Crippen LogP contribution in [0.25, 0.3) is 0 Å². The Bertz CT molecular complexity index is 980. The van der Waals surface area contributed by atoms with Gasteiger partial charge in [0.25, 0.3) is 0 Å². The van der Waals surface area contributed by atoms with Gasteiger partial charge in [-0.05, 0) is 85.0 Å². The van der Waals surface area contributed by atoms with E-state index in [0.29, 0.717) is 35.0 Å². The molecule has 0 aliphatic heterocycles. The standard InChI is InChI=1S/C29H39NO2/c1-26(2)11-12-27(3)10-8-20-25(21(27)16-26)23(32)14-24-28(20,4)9-6-7-19-13-22(31)18(17-30)15-29(19,24)5/h14-15,19-21,25H,6-13,16H2,1-5H3. The Balaban J connectivity index is 1.64. The van der Waals surface area contributed by atoms with Crippen LogP contribution in [0.3, 0.4) is 0 Å². The lowest BCUT2D eigenvalue weighted by atomic mass is 9.42. The smallest absolute Gasteiger partial charge is 0.173 e. The molecule has 3 fully saturated rings. The van der Waals surface area contributed by atoms with E-state index in [1.54, 1.807) is 0 Å². The maximum atomic E-state index is 13.9. The number of carbonyl (C=O) groups is 2. The molecule has 3 nitrogen and oxygen atoms in total. The zero-order valence-corrected chi connectivity index (χ0v) is 20.6. The highest BCUT2D eigenvalue weighted by molar-refractivity contribution is 6.01. The van der Waals surface area contributed by atoms with Gasteiger partial charge in [-0.3, -0.25) is 9.59 Å². The number of nitriles is 1. The third kappa shape index (κ3) is 2.97. The second kappa shape index (κ2) is 6.91. The molecule has 0 aromatic heterocycles. The number of hydrogen-bond donors (Lipinski definition) is 0. The van der Waals surface area contributed by atoms with E-state index < -0.39 is 0 Å². The Labute approximate surface area is 193 Å². The molecule has 5 rings (SSSR count). The molecular formula is C29H39NO2. The highest BCUT2D eigenvalue weighted by Gasteiger charge is 2.61. The van der Waals surface area contributed by atoms with Crippen LogP contribution >= 0.6 is 0 Å². The van der Waals surface area contributed by atoms with Crippen molar-refractivity contribution in [3.05, 3.63) is 23.3 Å². The van der Waals surface area contributed by atoms with Crippen molar-refractivity contribution in [1.82, 2.24) is 0 Å². The van der Waals surface area contributed by atoms with Crippen LogP contribution in [0.1, 0.15) is 92.4 Å². The monoisotopic (exact) mass is 433 g/mol. The zero-order chi connectivity index (χ0) is 23.1. The van der Waals surface area contributed by atoms with Gasteiger partial charge in [-0.25, -0.2) is 0 Å². The SMILES string of the molecule is CC1(C)CCC2(C)CCC3C(C(=O)C=C4C5(C)C=C(C#N)C(=O)CC5CCCC43C)C2C1. The normalized spacial score (nSPS) is 47.5. The number of rotatable bonds is 0. The molecule has 0 aromatic rings. The quantitative estimate of drug-likeness (QED) is 0.433. The van der Waals surface area contributed by atoms with E-state index in [2.05, 4.69) is 40.7 Å². The fourth-order valence-corrected chi connectivity index (χ4v) is 8.93. The second-order valence-corrected chi connectivity index (χ2v) is 13.3. The van der Waals surface area contributed by atoms with Gasteiger partial charge < -0.3 is 0 Å². The van der Waals surface area contributed by atoms with Crippen LogP contribution in [-0.2, 0) is 9.59 Å². The molecule has 0 aromatic carbocycles. The van der Waals surface area contributed by atoms with Crippen LogP contribution in [0.4, 0.5) is 0 Å². The summed E-state index contributed by atoms with van der Waals surface area (Å²) in [6.45, 7) is 11.9. The summed E-state index contributed by atoms with van der Waals surface area (Å²) in [5.41, 5.74) is 1.74. The Hall–Kier alpha value is -1.69. The average Bonchev–Trinajstić information content (AvgIpc) is 2.83. The van der Waals surface area contributed by atoms with Crippen molar-refractivity contribution in [2.45, 2.75) is 92.4 Å². The summed E-state index contributed by atoms with van der Waals surface area (Å²) < 4.78 is 0. The number of allylic oxidation sites excluding steroid dienone is 4. The Morgan fingerprint density at radius 3 is 2.44 bits per heavy atom. The zero-order valence-electron chi connectivity index (χ0n) is 20.6. The van der Waals surface area contributed by atoms with Crippen LogP contribution in [-0.4, -0.2) is 11.6 Å². The second-order valence-electron chi connectivity index (χ2n) is 13.3. The number of fused-ring (bicyclic) bond motifs is 7. The van der Waals surface area contributed by atoms with Crippen LogP contribution in [0.5, 0.6) is 0 Å². The molecule has 3 saturated carbocycles. The molecule has 7 unspecified atom stereocenters. The molecule has 7 atom stereocenters. The molecule has 172 valence electrons. The van der Waals surface area contributed by atoms with Gasteiger partial charge in [-0.2, -0.15) is 5.26 Å². The molecule has 0 saturated heterocycles. The highest BCUT2D eigenvalue weighted by atomic mass is 16.1. The minimum atomic E-state index is -0.364. The van der Waals surface area contributed by atoms with Gasteiger partial charge in [0.2, 0.25) is 0 Å². The lowest BCUT2D eigenvalue weighted by Gasteiger charge is -2.61. The summed E-state index contributed by atoms with van der Waals surface area (Å²) in [5, 5.41) is 9.62. The van der Waals surface area contributed by atoms with Crippen molar-refractivity contribution in [2.75, 3.05) is 0 Å². The lowest BCUT2D eigenvalue weighted by Crippen LogP contribution is -2.56. The predicted octanol–water partition coefficient (Wildman–Crippen LogP) is 6.59. The molecular weight excluding hydrogens is 394 g/mol. The van der Waals surface area contributed by atoms with E-state index in [1.165, 1.54) is 24.8 Å². The van der Waals surface area contributed by atoms with Gasteiger partial charge in [-0.15, -0.1) is 0 Å². The summed E-state index contributed by atoms with van der Waals surface area (Å²) in [5.74, 6) is 1.50. The van der Waals surface area contributed by atoms with Gasteiger partial charge in [0, 0.05) is 17.8 Å². The summed E-state index contributed by atoms with van der Waals surface area (Å²) in [4.78, 5) is 26.5. The van der Waals surface area contributed by atoms with Crippen LogP contribution in [0, 0.1) is 56.7 Å². The van der Waals surface area contributed by atoms with Gasteiger partial charge in [-0.1, -0.05) is 52.7 Å². The molecule has 0 N–H and O–H groups in total. The first-order chi connectivity index (χ1) is 14.9. The van der Waals surface area contributed by atoms with Crippen LogP contribution in [0.15, 0.2) is 23.3 Å². The van der Waals surface area contributed by atoms with E-state index in [1.807, 2.05) is 12.2 Å². The highest BCUT2D eigenvalue weighted by Crippen LogP contribution is 2.67. The van der Waals surface area contributed by atoms with E-state index in [-0.39, 0.29) is 33.9 Å². The maximum absolute atomic E-state index is 13.9. The average molecular weight is 434 g/mol. The number of nitrogens with zero attached hydrogens (tertiary/aromatic N) is 1. The van der Waals surface area contributed by atoms with Gasteiger partial charge in [0.15, 0.2) is 11.6 Å². The lowest BCUT2D eigenvalue weighted by molar-refractivity contribution is -0.141. The van der Waals surface area contributed by atoms with E-state index in [0.717, 1.165) is 32.1 Å². The first-order valence-electron chi connectivity index (χ1n) is 12.9. The third-order valence-electron chi connectivity index (χ3n) is 11.0. The summed E-state index contributed by atoms with van der Waals surface area (Å²) >= 11 is 0. The Kier molecular flexibility index (Phi) is 4.78. The first kappa shape index (κ1) is 22.1. The summed E-state index contributed by atoms with van der Waals surface area (Å²) in [6, 6.07) is 2.16. The van der Waals surface area contributed by atoms with Crippen LogP contribution < -0.4 is 0 Å². The van der Waals surface area contributed by atoms with Gasteiger partial charge in [0.05, 0.1) is 5.57 Å². The minimum Gasteiger partial charge on any atom is -0.295 e. The van der Waals surface area contributed by atoms with Crippen molar-refractivity contribution < 1.29 is 9.59 Å². The molecule has 32 heavy (non-hydrogen) atoms. The first-order valence-corrected chi connectivity index (χ1v) is 12.9. The Morgan fingerprint density at radius 2 is 1.72 bits per heavy atom. The fraction of sp³-hybridized carbons (Fsp3) is 0.759. The van der Waals surface area contributed by atoms with Crippen molar-refractivity contribution in [2.24, 2.45) is 45.3 Å². The van der Waals surface area contributed by atoms with Crippen molar-refractivity contribution in [3.8, 4) is 6.07 Å². The Morgan fingerprint density at radius 1 is 0.969 bits per heavy atom. The van der Waals surface area contributed by atoms with Crippen molar-refractivity contribution >= 4 is 11.6 Å². The van der Waals surface area contributed by atoms with E-state index in [4.69, 9.17) is 0 Å². The molecule has 0 bridgehead atoms.